The van der Waals surface area contributed by atoms with Crippen molar-refractivity contribution >= 4 is 5.69 Å². The summed E-state index contributed by atoms with van der Waals surface area (Å²) in [5, 5.41) is 11.3. The van der Waals surface area contributed by atoms with Crippen molar-refractivity contribution in [1.82, 2.24) is 20.2 Å². The van der Waals surface area contributed by atoms with Crippen molar-refractivity contribution in [3.63, 3.8) is 0 Å². The lowest BCUT2D eigenvalue weighted by Crippen LogP contribution is -2.19. The second-order valence-corrected chi connectivity index (χ2v) is 5.16. The number of anilines is 1. The van der Waals surface area contributed by atoms with Crippen LogP contribution in [0.5, 0.6) is 0 Å². The number of nitrogens with two attached hydrogens (primary N) is 1. The van der Waals surface area contributed by atoms with Crippen molar-refractivity contribution in [3.05, 3.63) is 23.8 Å². The number of halogens is 2. The molecule has 1 fully saturated rings. The molecule has 2 heterocycles. The molecular formula is C13H15F2N5O. The lowest BCUT2D eigenvalue weighted by molar-refractivity contribution is 0.101. The van der Waals surface area contributed by atoms with Crippen LogP contribution in [0.1, 0.15) is 13.3 Å². The minimum Gasteiger partial charge on any atom is -0.396 e. The summed E-state index contributed by atoms with van der Waals surface area (Å²) in [5.74, 6) is -1.05. The van der Waals surface area contributed by atoms with Gasteiger partial charge < -0.3 is 10.5 Å². The Labute approximate surface area is 119 Å². The standard InChI is InChI=1S/C13H15F2N5O/c1-7-8(2-3-21-7)6-20-13(17-18-19-20)9-4-12(16)11(15)5-10(9)14/h4-5,7-8H,2-3,6,16H2,1H3. The molecule has 0 spiro atoms. The van der Waals surface area contributed by atoms with E-state index in [2.05, 4.69) is 15.5 Å². The largest absolute Gasteiger partial charge is 0.396 e. The molecule has 112 valence electrons. The van der Waals surface area contributed by atoms with E-state index in [0.717, 1.165) is 12.5 Å². The van der Waals surface area contributed by atoms with Crippen molar-refractivity contribution in [2.45, 2.75) is 26.0 Å². The van der Waals surface area contributed by atoms with Gasteiger partial charge >= 0.3 is 0 Å². The van der Waals surface area contributed by atoms with Crippen LogP contribution in [0, 0.1) is 17.6 Å². The fourth-order valence-corrected chi connectivity index (χ4v) is 2.50. The Bertz CT molecular complexity index is 660. The van der Waals surface area contributed by atoms with Crippen LogP contribution in [-0.2, 0) is 11.3 Å². The second kappa shape index (κ2) is 5.36. The molecule has 21 heavy (non-hydrogen) atoms. The summed E-state index contributed by atoms with van der Waals surface area (Å²) in [6, 6.07) is 1.95. The van der Waals surface area contributed by atoms with Crippen LogP contribution in [-0.4, -0.2) is 32.9 Å². The zero-order valence-electron chi connectivity index (χ0n) is 11.5. The highest BCUT2D eigenvalue weighted by molar-refractivity contribution is 5.62. The highest BCUT2D eigenvalue weighted by Gasteiger charge is 2.26. The summed E-state index contributed by atoms with van der Waals surface area (Å²) in [6.07, 6.45) is 0.999. The highest BCUT2D eigenvalue weighted by Crippen LogP contribution is 2.27. The normalized spacial score (nSPS) is 21.9. The highest BCUT2D eigenvalue weighted by atomic mass is 19.1. The van der Waals surface area contributed by atoms with E-state index in [1.54, 1.807) is 0 Å². The lowest BCUT2D eigenvalue weighted by atomic mass is 10.0. The summed E-state index contributed by atoms with van der Waals surface area (Å²) in [7, 11) is 0. The second-order valence-electron chi connectivity index (χ2n) is 5.16. The van der Waals surface area contributed by atoms with Crippen molar-refractivity contribution in [2.75, 3.05) is 12.3 Å². The summed E-state index contributed by atoms with van der Waals surface area (Å²) < 4.78 is 34.2. The number of tetrazole rings is 1. The Morgan fingerprint density at radius 1 is 1.38 bits per heavy atom. The summed E-state index contributed by atoms with van der Waals surface area (Å²) in [6.45, 7) is 3.19. The number of benzene rings is 1. The van der Waals surface area contributed by atoms with Crippen LogP contribution in [0.25, 0.3) is 11.4 Å². The van der Waals surface area contributed by atoms with Crippen LogP contribution >= 0.6 is 0 Å². The van der Waals surface area contributed by atoms with E-state index in [1.807, 2.05) is 6.92 Å². The molecule has 2 aromatic rings. The van der Waals surface area contributed by atoms with Gasteiger partial charge in [-0.25, -0.2) is 13.5 Å². The van der Waals surface area contributed by atoms with Crippen LogP contribution in [0.4, 0.5) is 14.5 Å². The zero-order valence-corrected chi connectivity index (χ0v) is 11.5. The van der Waals surface area contributed by atoms with Crippen LogP contribution < -0.4 is 5.73 Å². The van der Waals surface area contributed by atoms with Crippen molar-refractivity contribution in [3.8, 4) is 11.4 Å². The van der Waals surface area contributed by atoms with E-state index in [-0.39, 0.29) is 29.1 Å². The zero-order chi connectivity index (χ0) is 15.0. The number of nitrogens with zero attached hydrogens (tertiary/aromatic N) is 4. The number of ether oxygens (including phenoxy) is 1. The first-order valence-electron chi connectivity index (χ1n) is 6.69. The molecule has 0 amide bonds. The van der Waals surface area contributed by atoms with Gasteiger partial charge in [0.15, 0.2) is 5.82 Å². The number of hydrogen-bond donors (Lipinski definition) is 1. The van der Waals surface area contributed by atoms with Gasteiger partial charge in [0.1, 0.15) is 11.6 Å². The summed E-state index contributed by atoms with van der Waals surface area (Å²) >= 11 is 0. The molecule has 1 aliphatic rings. The van der Waals surface area contributed by atoms with Gasteiger partial charge in [-0.15, -0.1) is 5.10 Å². The topological polar surface area (TPSA) is 78.8 Å². The molecule has 1 aromatic heterocycles. The monoisotopic (exact) mass is 295 g/mol. The molecule has 2 unspecified atom stereocenters. The van der Waals surface area contributed by atoms with Crippen molar-refractivity contribution in [1.29, 1.82) is 0 Å². The molecule has 3 rings (SSSR count). The smallest absolute Gasteiger partial charge is 0.185 e. The van der Waals surface area contributed by atoms with Crippen molar-refractivity contribution < 1.29 is 13.5 Å². The molecule has 1 saturated heterocycles. The van der Waals surface area contributed by atoms with Crippen LogP contribution in [0.15, 0.2) is 12.1 Å². The van der Waals surface area contributed by atoms with Gasteiger partial charge in [0.2, 0.25) is 0 Å². The van der Waals surface area contributed by atoms with E-state index in [4.69, 9.17) is 10.5 Å². The van der Waals surface area contributed by atoms with Gasteiger partial charge in [0.25, 0.3) is 0 Å². The average Bonchev–Trinajstić information content (AvgIpc) is 3.05. The maximum absolute atomic E-state index is 13.9. The van der Waals surface area contributed by atoms with Crippen LogP contribution in [0.3, 0.4) is 0 Å². The van der Waals surface area contributed by atoms with Gasteiger partial charge in [-0.05, 0) is 29.8 Å². The summed E-state index contributed by atoms with van der Waals surface area (Å²) in [4.78, 5) is 0. The first-order chi connectivity index (χ1) is 10.1. The van der Waals surface area contributed by atoms with E-state index in [9.17, 15) is 8.78 Å². The third-order valence-corrected chi connectivity index (χ3v) is 3.80. The maximum atomic E-state index is 13.9. The molecular weight excluding hydrogens is 280 g/mol. The molecule has 8 heteroatoms. The predicted octanol–water partition coefficient (Wildman–Crippen LogP) is 1.63. The number of rotatable bonds is 3. The molecule has 0 bridgehead atoms. The Kier molecular flexibility index (Phi) is 3.54. The van der Waals surface area contributed by atoms with Gasteiger partial charge in [-0.1, -0.05) is 0 Å². The molecule has 0 aliphatic carbocycles. The van der Waals surface area contributed by atoms with Gasteiger partial charge in [0, 0.05) is 18.6 Å². The maximum Gasteiger partial charge on any atom is 0.185 e. The van der Waals surface area contributed by atoms with E-state index < -0.39 is 11.6 Å². The van der Waals surface area contributed by atoms with Crippen molar-refractivity contribution in [2.24, 2.45) is 5.92 Å². The Morgan fingerprint density at radius 3 is 2.90 bits per heavy atom. The molecule has 1 aliphatic heterocycles. The van der Waals surface area contributed by atoms with Gasteiger partial charge in [-0.2, -0.15) is 0 Å². The van der Waals surface area contributed by atoms with Gasteiger partial charge in [-0.3, -0.25) is 0 Å². The number of nitrogen functional groups attached to an aromatic ring is 1. The minimum absolute atomic E-state index is 0.0884. The Hall–Kier alpha value is -2.09. The first kappa shape index (κ1) is 13.9. The predicted molar refractivity (Wildman–Crippen MR) is 71.1 cm³/mol. The molecule has 0 radical (unpaired) electrons. The lowest BCUT2D eigenvalue weighted by Gasteiger charge is -2.14. The van der Waals surface area contributed by atoms with E-state index in [1.165, 1.54) is 10.7 Å². The molecule has 6 nitrogen and oxygen atoms in total. The Morgan fingerprint density at radius 2 is 2.19 bits per heavy atom. The molecule has 2 atom stereocenters. The number of aromatic nitrogens is 4. The third-order valence-electron chi connectivity index (χ3n) is 3.80. The average molecular weight is 295 g/mol. The minimum atomic E-state index is -0.798. The fourth-order valence-electron chi connectivity index (χ4n) is 2.50. The number of hydrogen-bond acceptors (Lipinski definition) is 5. The third kappa shape index (κ3) is 2.58. The van der Waals surface area contributed by atoms with Crippen LogP contribution in [0.2, 0.25) is 0 Å². The molecule has 0 saturated carbocycles. The Balaban J connectivity index is 1.93. The van der Waals surface area contributed by atoms with E-state index in [0.29, 0.717) is 13.2 Å². The quantitative estimate of drug-likeness (QED) is 0.871. The first-order valence-corrected chi connectivity index (χ1v) is 6.69. The summed E-state index contributed by atoms with van der Waals surface area (Å²) in [5.41, 5.74) is 5.44. The molecule has 1 aromatic carbocycles. The van der Waals surface area contributed by atoms with E-state index >= 15 is 0 Å². The SMILES string of the molecule is CC1OCCC1Cn1nnnc1-c1cc(N)c(F)cc1F. The fraction of sp³-hybridized carbons (Fsp3) is 0.462. The van der Waals surface area contributed by atoms with Gasteiger partial charge in [0.05, 0.1) is 23.9 Å². The molecule has 2 N–H and O–H groups in total.